The third-order valence-corrected chi connectivity index (χ3v) is 7.59. The van der Waals surface area contributed by atoms with E-state index in [0.717, 1.165) is 12.5 Å². The van der Waals surface area contributed by atoms with Crippen LogP contribution in [0, 0.1) is 18.6 Å². The van der Waals surface area contributed by atoms with Crippen LogP contribution < -0.4 is 10.6 Å². The molecule has 7 nitrogen and oxygen atoms in total. The van der Waals surface area contributed by atoms with Gasteiger partial charge in [0.25, 0.3) is 0 Å². The molecule has 0 bridgehead atoms. The van der Waals surface area contributed by atoms with Crippen molar-refractivity contribution < 1.29 is 26.8 Å². The summed E-state index contributed by atoms with van der Waals surface area (Å²) in [6.45, 7) is 2.06. The lowest BCUT2D eigenvalue weighted by Crippen LogP contribution is -2.46. The van der Waals surface area contributed by atoms with Crippen molar-refractivity contribution in [3.63, 3.8) is 0 Å². The van der Waals surface area contributed by atoms with Crippen molar-refractivity contribution in [2.45, 2.75) is 50.1 Å². The molecule has 0 radical (unpaired) electrons. The van der Waals surface area contributed by atoms with Gasteiger partial charge in [-0.2, -0.15) is 4.31 Å². The van der Waals surface area contributed by atoms with Crippen LogP contribution in [0.1, 0.15) is 36.8 Å². The lowest BCUT2D eigenvalue weighted by Gasteiger charge is -2.34. The van der Waals surface area contributed by atoms with Gasteiger partial charge in [0.05, 0.1) is 4.90 Å². The summed E-state index contributed by atoms with van der Waals surface area (Å²) in [6.07, 6.45) is 2.54. The molecular weight excluding hydrogens is 452 g/mol. The number of hydrogen-bond donors (Lipinski definition) is 2. The fourth-order valence-corrected chi connectivity index (χ4v) is 5.60. The van der Waals surface area contributed by atoms with Gasteiger partial charge in [-0.3, -0.25) is 9.59 Å². The summed E-state index contributed by atoms with van der Waals surface area (Å²) in [5.41, 5.74) is 0.903. The van der Waals surface area contributed by atoms with E-state index in [1.54, 1.807) is 0 Å². The quantitative estimate of drug-likeness (QED) is 0.597. The average molecular weight is 480 g/mol. The highest BCUT2D eigenvalue weighted by Gasteiger charge is 2.33. The first-order chi connectivity index (χ1) is 15.7. The van der Waals surface area contributed by atoms with Crippen LogP contribution in [0.4, 0.5) is 8.78 Å². The van der Waals surface area contributed by atoms with E-state index >= 15 is 0 Å². The second kappa shape index (κ2) is 10.8. The number of benzene rings is 2. The molecule has 0 aromatic heterocycles. The molecule has 1 fully saturated rings. The normalized spacial score (nSPS) is 16.9. The monoisotopic (exact) mass is 479 g/mol. The van der Waals surface area contributed by atoms with Crippen LogP contribution in [-0.2, 0) is 26.2 Å². The molecular formula is C23H27F2N3O4S. The van der Waals surface area contributed by atoms with E-state index in [1.165, 1.54) is 47.6 Å². The van der Waals surface area contributed by atoms with Crippen LogP contribution in [0.2, 0.25) is 0 Å². The maximum absolute atomic E-state index is 13.6. The van der Waals surface area contributed by atoms with Crippen molar-refractivity contribution in [1.29, 1.82) is 0 Å². The fourth-order valence-electron chi connectivity index (χ4n) is 3.79. The standard InChI is InChI=1S/C23H27F2N3O4S/c1-16-14-20(9-10-21(16)25)33(31,32)28-13-3-2-4-19(28)11-12-26-22(29)23(30)27-15-17-5-7-18(24)8-6-17/h5-10,14,19H,2-4,11-13,15H2,1H3,(H,26,29)(H,27,30). The van der Waals surface area contributed by atoms with Gasteiger partial charge in [0.15, 0.2) is 0 Å². The van der Waals surface area contributed by atoms with E-state index in [-0.39, 0.29) is 29.6 Å². The number of sulfonamides is 1. The van der Waals surface area contributed by atoms with Gasteiger partial charge in [0.2, 0.25) is 10.0 Å². The highest BCUT2D eigenvalue weighted by Crippen LogP contribution is 2.27. The summed E-state index contributed by atoms with van der Waals surface area (Å²) >= 11 is 0. The number of halogens is 2. The van der Waals surface area contributed by atoms with Crippen molar-refractivity contribution in [3.05, 3.63) is 65.2 Å². The van der Waals surface area contributed by atoms with Gasteiger partial charge in [-0.05, 0) is 67.6 Å². The van der Waals surface area contributed by atoms with Gasteiger partial charge in [0, 0.05) is 25.7 Å². The van der Waals surface area contributed by atoms with Gasteiger partial charge < -0.3 is 10.6 Å². The third-order valence-electron chi connectivity index (χ3n) is 5.64. The minimum atomic E-state index is -3.81. The minimum Gasteiger partial charge on any atom is -0.348 e. The molecule has 1 aliphatic rings. The highest BCUT2D eigenvalue weighted by molar-refractivity contribution is 7.89. The molecule has 0 saturated carbocycles. The summed E-state index contributed by atoms with van der Waals surface area (Å²) in [5.74, 6) is -2.51. The zero-order valence-corrected chi connectivity index (χ0v) is 19.1. The zero-order valence-electron chi connectivity index (χ0n) is 18.3. The maximum atomic E-state index is 13.6. The van der Waals surface area contributed by atoms with E-state index in [2.05, 4.69) is 10.6 Å². The van der Waals surface area contributed by atoms with Gasteiger partial charge >= 0.3 is 11.8 Å². The van der Waals surface area contributed by atoms with E-state index in [4.69, 9.17) is 0 Å². The van der Waals surface area contributed by atoms with Crippen LogP contribution in [-0.4, -0.2) is 43.7 Å². The zero-order chi connectivity index (χ0) is 24.0. The highest BCUT2D eigenvalue weighted by atomic mass is 32.2. The van der Waals surface area contributed by atoms with E-state index < -0.39 is 33.5 Å². The maximum Gasteiger partial charge on any atom is 0.309 e. The fraction of sp³-hybridized carbons (Fsp3) is 0.391. The molecule has 1 atom stereocenters. The summed E-state index contributed by atoms with van der Waals surface area (Å²) < 4.78 is 54.2. The van der Waals surface area contributed by atoms with Crippen LogP contribution in [0.3, 0.4) is 0 Å². The molecule has 2 N–H and O–H groups in total. The SMILES string of the molecule is Cc1cc(S(=O)(=O)N2CCCCC2CCNC(=O)C(=O)NCc2ccc(F)cc2)ccc1F. The molecule has 10 heteroatoms. The number of hydrogen-bond acceptors (Lipinski definition) is 4. The van der Waals surface area contributed by atoms with Gasteiger partial charge in [0.1, 0.15) is 11.6 Å². The Hall–Kier alpha value is -2.85. The van der Waals surface area contributed by atoms with E-state index in [0.29, 0.717) is 31.4 Å². The first-order valence-corrected chi connectivity index (χ1v) is 12.2. The van der Waals surface area contributed by atoms with Crippen LogP contribution in [0.5, 0.6) is 0 Å². The lowest BCUT2D eigenvalue weighted by atomic mass is 10.0. The number of carbonyl (C=O) groups excluding carboxylic acids is 2. The molecule has 1 unspecified atom stereocenters. The Morgan fingerprint density at radius 1 is 1.03 bits per heavy atom. The molecule has 0 aliphatic carbocycles. The van der Waals surface area contributed by atoms with E-state index in [9.17, 15) is 26.8 Å². The molecule has 1 aliphatic heterocycles. The number of aryl methyl sites for hydroxylation is 1. The average Bonchev–Trinajstić information content (AvgIpc) is 2.80. The second-order valence-electron chi connectivity index (χ2n) is 8.03. The summed E-state index contributed by atoms with van der Waals surface area (Å²) in [7, 11) is -3.81. The molecule has 1 saturated heterocycles. The molecule has 178 valence electrons. The summed E-state index contributed by atoms with van der Waals surface area (Å²) in [5, 5.41) is 4.98. The van der Waals surface area contributed by atoms with Crippen LogP contribution in [0.15, 0.2) is 47.4 Å². The van der Waals surface area contributed by atoms with Crippen molar-refractivity contribution in [1.82, 2.24) is 14.9 Å². The number of carbonyl (C=O) groups is 2. The van der Waals surface area contributed by atoms with E-state index in [1.807, 2.05) is 0 Å². The Kier molecular flexibility index (Phi) is 8.15. The number of piperidine rings is 1. The van der Waals surface area contributed by atoms with Gasteiger partial charge in [-0.1, -0.05) is 18.6 Å². The molecule has 2 aromatic carbocycles. The van der Waals surface area contributed by atoms with Crippen LogP contribution in [0.25, 0.3) is 0 Å². The largest absolute Gasteiger partial charge is 0.348 e. The Labute approximate surface area is 192 Å². The summed E-state index contributed by atoms with van der Waals surface area (Å²) in [6, 6.07) is 8.93. The predicted octanol–water partition coefficient (Wildman–Crippen LogP) is 2.64. The number of rotatable bonds is 7. The number of amides is 2. The Morgan fingerprint density at radius 2 is 1.73 bits per heavy atom. The van der Waals surface area contributed by atoms with Crippen molar-refractivity contribution in [2.75, 3.05) is 13.1 Å². The van der Waals surface area contributed by atoms with Gasteiger partial charge in [-0.15, -0.1) is 0 Å². The topological polar surface area (TPSA) is 95.6 Å². The lowest BCUT2D eigenvalue weighted by molar-refractivity contribution is -0.139. The second-order valence-corrected chi connectivity index (χ2v) is 9.92. The summed E-state index contributed by atoms with van der Waals surface area (Å²) in [4.78, 5) is 24.1. The molecule has 33 heavy (non-hydrogen) atoms. The number of nitrogens with zero attached hydrogens (tertiary/aromatic N) is 1. The molecule has 1 heterocycles. The van der Waals surface area contributed by atoms with Crippen molar-refractivity contribution in [3.8, 4) is 0 Å². The smallest absolute Gasteiger partial charge is 0.309 e. The molecule has 0 spiro atoms. The Balaban J connectivity index is 1.54. The molecule has 2 aromatic rings. The predicted molar refractivity (Wildman–Crippen MR) is 119 cm³/mol. The molecule has 2 amide bonds. The Morgan fingerprint density at radius 3 is 2.42 bits per heavy atom. The van der Waals surface area contributed by atoms with Crippen molar-refractivity contribution in [2.24, 2.45) is 0 Å². The Bertz CT molecular complexity index is 1110. The first kappa shape index (κ1) is 24.8. The first-order valence-electron chi connectivity index (χ1n) is 10.8. The minimum absolute atomic E-state index is 0.0394. The van der Waals surface area contributed by atoms with Crippen molar-refractivity contribution >= 4 is 21.8 Å². The third kappa shape index (κ3) is 6.35. The number of nitrogens with one attached hydrogen (secondary N) is 2. The van der Waals surface area contributed by atoms with Crippen LogP contribution >= 0.6 is 0 Å². The molecule has 3 rings (SSSR count). The van der Waals surface area contributed by atoms with Gasteiger partial charge in [-0.25, -0.2) is 17.2 Å².